The molecule has 1 saturated carbocycles. The Labute approximate surface area is 128 Å². The lowest BCUT2D eigenvalue weighted by Crippen LogP contribution is -2.54. The van der Waals surface area contributed by atoms with Gasteiger partial charge in [-0.25, -0.2) is 0 Å². The molecule has 0 spiro atoms. The van der Waals surface area contributed by atoms with Crippen molar-refractivity contribution in [3.05, 3.63) is 35.9 Å². The monoisotopic (exact) mass is 288 g/mol. The molecule has 1 aliphatic carbocycles. The van der Waals surface area contributed by atoms with Crippen LogP contribution in [0.1, 0.15) is 57.9 Å². The summed E-state index contributed by atoms with van der Waals surface area (Å²) < 4.78 is 0. The molecule has 0 heterocycles. The van der Waals surface area contributed by atoms with Gasteiger partial charge in [-0.3, -0.25) is 4.79 Å². The van der Waals surface area contributed by atoms with E-state index in [9.17, 15) is 4.79 Å². The molecule has 0 unspecified atom stereocenters. The number of hydrogen-bond acceptors (Lipinski definition) is 2. The van der Waals surface area contributed by atoms with E-state index in [1.807, 2.05) is 6.07 Å². The van der Waals surface area contributed by atoms with Crippen LogP contribution in [0.4, 0.5) is 0 Å². The molecule has 0 aliphatic heterocycles. The fraction of sp³-hybridized carbons (Fsp3) is 0.611. The second-order valence-corrected chi connectivity index (χ2v) is 6.40. The first-order chi connectivity index (χ1) is 10.1. The normalized spacial score (nSPS) is 17.7. The minimum atomic E-state index is -0.635. The van der Waals surface area contributed by atoms with Crippen molar-refractivity contribution in [1.82, 2.24) is 5.32 Å². The van der Waals surface area contributed by atoms with E-state index in [0.717, 1.165) is 38.5 Å². The van der Waals surface area contributed by atoms with E-state index in [-0.39, 0.29) is 11.3 Å². The molecule has 3 heteroatoms. The molecule has 0 atom stereocenters. The molecule has 0 aromatic heterocycles. The number of hydrogen-bond donors (Lipinski definition) is 2. The van der Waals surface area contributed by atoms with Crippen LogP contribution in [0.15, 0.2) is 30.3 Å². The Morgan fingerprint density at radius 3 is 2.29 bits per heavy atom. The number of nitrogens with one attached hydrogen (secondary N) is 1. The highest BCUT2D eigenvalue weighted by Gasteiger charge is 2.38. The van der Waals surface area contributed by atoms with Crippen molar-refractivity contribution in [3.8, 4) is 0 Å². The van der Waals surface area contributed by atoms with Crippen molar-refractivity contribution in [2.45, 2.75) is 63.3 Å². The van der Waals surface area contributed by atoms with Gasteiger partial charge in [0.05, 0.1) is 5.54 Å². The van der Waals surface area contributed by atoms with Gasteiger partial charge in [0.15, 0.2) is 0 Å². The number of rotatable bonds is 6. The first kappa shape index (κ1) is 16.0. The highest BCUT2D eigenvalue weighted by molar-refractivity contribution is 5.86. The van der Waals surface area contributed by atoms with Gasteiger partial charge in [0.25, 0.3) is 0 Å². The third-order valence-electron chi connectivity index (χ3n) is 5.28. The van der Waals surface area contributed by atoms with Gasteiger partial charge in [-0.1, -0.05) is 57.0 Å². The van der Waals surface area contributed by atoms with Gasteiger partial charge in [0.1, 0.15) is 0 Å². The van der Waals surface area contributed by atoms with Crippen LogP contribution < -0.4 is 11.1 Å². The molecule has 0 radical (unpaired) electrons. The highest BCUT2D eigenvalue weighted by Crippen LogP contribution is 2.32. The molecule has 1 aromatic rings. The average molecular weight is 288 g/mol. The topological polar surface area (TPSA) is 55.1 Å². The molecule has 3 nitrogen and oxygen atoms in total. The Balaban J connectivity index is 2.09. The smallest absolute Gasteiger partial charge is 0.240 e. The van der Waals surface area contributed by atoms with Crippen LogP contribution in [-0.2, 0) is 10.2 Å². The molecule has 1 amide bonds. The third-order valence-corrected chi connectivity index (χ3v) is 5.28. The summed E-state index contributed by atoms with van der Waals surface area (Å²) in [4.78, 5) is 12.4. The van der Waals surface area contributed by atoms with Gasteiger partial charge in [0.2, 0.25) is 5.91 Å². The summed E-state index contributed by atoms with van der Waals surface area (Å²) >= 11 is 0. The zero-order valence-corrected chi connectivity index (χ0v) is 13.3. The maximum atomic E-state index is 12.4. The molecule has 21 heavy (non-hydrogen) atoms. The standard InChI is InChI=1S/C18H28N2O/c1-3-17(4-2,15-10-6-5-7-11-15)14-20-16(21)18(19)12-8-9-13-18/h5-7,10-11H,3-4,8-9,12-14,19H2,1-2H3,(H,20,21). The van der Waals surface area contributed by atoms with Gasteiger partial charge >= 0.3 is 0 Å². The van der Waals surface area contributed by atoms with Gasteiger partial charge < -0.3 is 11.1 Å². The van der Waals surface area contributed by atoms with Crippen molar-refractivity contribution in [1.29, 1.82) is 0 Å². The third kappa shape index (κ3) is 3.29. The van der Waals surface area contributed by atoms with Crippen LogP contribution in [0.5, 0.6) is 0 Å². The average Bonchev–Trinajstić information content (AvgIpc) is 2.98. The lowest BCUT2D eigenvalue weighted by Gasteiger charge is -2.34. The summed E-state index contributed by atoms with van der Waals surface area (Å²) in [6.07, 6.45) is 5.77. The van der Waals surface area contributed by atoms with E-state index in [4.69, 9.17) is 5.73 Å². The fourth-order valence-electron chi connectivity index (χ4n) is 3.46. The van der Waals surface area contributed by atoms with Crippen molar-refractivity contribution in [2.75, 3.05) is 6.54 Å². The Hall–Kier alpha value is -1.35. The molecule has 0 bridgehead atoms. The van der Waals surface area contributed by atoms with Crippen LogP contribution in [0.25, 0.3) is 0 Å². The summed E-state index contributed by atoms with van der Waals surface area (Å²) in [7, 11) is 0. The first-order valence-corrected chi connectivity index (χ1v) is 8.19. The van der Waals surface area contributed by atoms with Gasteiger partial charge in [0, 0.05) is 12.0 Å². The van der Waals surface area contributed by atoms with E-state index in [2.05, 4.69) is 43.4 Å². The minimum absolute atomic E-state index is 0.00584. The zero-order chi connectivity index (χ0) is 15.3. The predicted octanol–water partition coefficient (Wildman–Crippen LogP) is 3.13. The van der Waals surface area contributed by atoms with Gasteiger partial charge in [-0.15, -0.1) is 0 Å². The quantitative estimate of drug-likeness (QED) is 0.845. The predicted molar refractivity (Wildman–Crippen MR) is 87.1 cm³/mol. The summed E-state index contributed by atoms with van der Waals surface area (Å²) in [5, 5.41) is 3.14. The molecular formula is C18H28N2O. The molecule has 3 N–H and O–H groups in total. The van der Waals surface area contributed by atoms with Gasteiger partial charge in [-0.2, -0.15) is 0 Å². The zero-order valence-electron chi connectivity index (χ0n) is 13.3. The highest BCUT2D eigenvalue weighted by atomic mass is 16.2. The lowest BCUT2D eigenvalue weighted by molar-refractivity contribution is -0.126. The summed E-state index contributed by atoms with van der Waals surface area (Å²) in [5.41, 5.74) is 6.91. The Bertz CT molecular complexity index is 459. The maximum absolute atomic E-state index is 12.4. The molecule has 116 valence electrons. The molecule has 1 aromatic carbocycles. The number of amides is 1. The van der Waals surface area contributed by atoms with Crippen molar-refractivity contribution >= 4 is 5.91 Å². The van der Waals surface area contributed by atoms with E-state index < -0.39 is 5.54 Å². The van der Waals surface area contributed by atoms with E-state index >= 15 is 0 Å². The Morgan fingerprint density at radius 1 is 1.19 bits per heavy atom. The van der Waals surface area contributed by atoms with Crippen LogP contribution in [0.2, 0.25) is 0 Å². The van der Waals surface area contributed by atoms with Crippen LogP contribution >= 0.6 is 0 Å². The molecular weight excluding hydrogens is 260 g/mol. The second-order valence-electron chi connectivity index (χ2n) is 6.40. The van der Waals surface area contributed by atoms with Crippen molar-refractivity contribution in [2.24, 2.45) is 5.73 Å². The Kier molecular flexibility index (Phi) is 5.04. The molecule has 0 saturated heterocycles. The fourth-order valence-corrected chi connectivity index (χ4v) is 3.46. The van der Waals surface area contributed by atoms with Crippen LogP contribution in [-0.4, -0.2) is 18.0 Å². The lowest BCUT2D eigenvalue weighted by atomic mass is 9.75. The molecule has 1 fully saturated rings. The van der Waals surface area contributed by atoms with E-state index in [1.54, 1.807) is 0 Å². The molecule has 2 rings (SSSR count). The van der Waals surface area contributed by atoms with E-state index in [0.29, 0.717) is 6.54 Å². The minimum Gasteiger partial charge on any atom is -0.354 e. The first-order valence-electron chi connectivity index (χ1n) is 8.19. The van der Waals surface area contributed by atoms with Crippen molar-refractivity contribution in [3.63, 3.8) is 0 Å². The number of carbonyl (C=O) groups is 1. The number of carbonyl (C=O) groups excluding carboxylic acids is 1. The van der Waals surface area contributed by atoms with Crippen LogP contribution in [0, 0.1) is 0 Å². The molecule has 1 aliphatic rings. The summed E-state index contributed by atoms with van der Waals surface area (Å²) in [5.74, 6) is 0.0298. The largest absolute Gasteiger partial charge is 0.354 e. The van der Waals surface area contributed by atoms with Gasteiger partial charge in [-0.05, 0) is 31.2 Å². The van der Waals surface area contributed by atoms with E-state index in [1.165, 1.54) is 5.56 Å². The second kappa shape index (κ2) is 6.61. The number of nitrogens with two attached hydrogens (primary N) is 1. The van der Waals surface area contributed by atoms with Crippen molar-refractivity contribution < 1.29 is 4.79 Å². The SMILES string of the molecule is CCC(CC)(CNC(=O)C1(N)CCCC1)c1ccccc1. The number of benzene rings is 1. The Morgan fingerprint density at radius 2 is 1.76 bits per heavy atom. The summed E-state index contributed by atoms with van der Waals surface area (Å²) in [6, 6.07) is 10.5. The van der Waals surface area contributed by atoms with Crippen LogP contribution in [0.3, 0.4) is 0 Å². The summed E-state index contributed by atoms with van der Waals surface area (Å²) in [6.45, 7) is 5.05. The maximum Gasteiger partial charge on any atom is 0.240 e.